The zero-order valence-corrected chi connectivity index (χ0v) is 19.4. The van der Waals surface area contributed by atoms with E-state index in [1.807, 2.05) is 24.1 Å². The maximum absolute atomic E-state index is 13.2. The largest absolute Gasteiger partial charge is 0.336 e. The zero-order valence-electron chi connectivity index (χ0n) is 18.6. The summed E-state index contributed by atoms with van der Waals surface area (Å²) in [5.74, 6) is 0.391. The van der Waals surface area contributed by atoms with Crippen LogP contribution in [0.25, 0.3) is 0 Å². The lowest BCUT2D eigenvalue weighted by atomic mass is 10.1. The molecule has 1 aliphatic heterocycles. The van der Waals surface area contributed by atoms with E-state index in [2.05, 4.69) is 49.3 Å². The second-order valence-electron chi connectivity index (χ2n) is 8.47. The van der Waals surface area contributed by atoms with Crippen molar-refractivity contribution in [1.29, 1.82) is 0 Å². The second kappa shape index (κ2) is 10.3. The number of benzene rings is 1. The van der Waals surface area contributed by atoms with Gasteiger partial charge in [0.05, 0.1) is 0 Å². The number of rotatable bonds is 7. The predicted octanol–water partition coefficient (Wildman–Crippen LogP) is 3.88. The molecule has 0 unspecified atom stereocenters. The summed E-state index contributed by atoms with van der Waals surface area (Å²) >= 11 is 1.75. The Kier molecular flexibility index (Phi) is 7.78. The SMILES string of the molecule is CSc1ccc(CN2CCN(C(=O)c3c(C)ccn(CCC(C)C)c3=O)CC2)cc1. The predicted molar refractivity (Wildman–Crippen MR) is 124 cm³/mol. The van der Waals surface area contributed by atoms with Crippen molar-refractivity contribution < 1.29 is 4.79 Å². The summed E-state index contributed by atoms with van der Waals surface area (Å²) in [5, 5.41) is 0. The highest BCUT2D eigenvalue weighted by atomic mass is 32.2. The number of aryl methyl sites for hydroxylation is 2. The number of carbonyl (C=O) groups is 1. The van der Waals surface area contributed by atoms with Crippen molar-refractivity contribution in [2.75, 3.05) is 32.4 Å². The monoisotopic (exact) mass is 427 g/mol. The second-order valence-corrected chi connectivity index (χ2v) is 9.35. The van der Waals surface area contributed by atoms with Crippen molar-refractivity contribution in [3.05, 3.63) is 63.6 Å². The van der Waals surface area contributed by atoms with Gasteiger partial charge < -0.3 is 9.47 Å². The van der Waals surface area contributed by atoms with E-state index in [-0.39, 0.29) is 11.5 Å². The van der Waals surface area contributed by atoms with Crippen molar-refractivity contribution in [2.24, 2.45) is 5.92 Å². The third-order valence-electron chi connectivity index (χ3n) is 5.76. The van der Waals surface area contributed by atoms with E-state index in [4.69, 9.17) is 0 Å². The number of carbonyl (C=O) groups excluding carboxylic acids is 1. The molecule has 0 radical (unpaired) electrons. The van der Waals surface area contributed by atoms with Crippen molar-refractivity contribution in [3.8, 4) is 0 Å². The van der Waals surface area contributed by atoms with Gasteiger partial charge in [-0.15, -0.1) is 11.8 Å². The van der Waals surface area contributed by atoms with Crippen LogP contribution in [0.5, 0.6) is 0 Å². The Hall–Kier alpha value is -2.05. The number of aromatic nitrogens is 1. The van der Waals surface area contributed by atoms with Gasteiger partial charge in [0.2, 0.25) is 0 Å². The molecule has 162 valence electrons. The Morgan fingerprint density at radius 2 is 1.73 bits per heavy atom. The van der Waals surface area contributed by atoms with E-state index < -0.39 is 0 Å². The first-order chi connectivity index (χ1) is 14.4. The fourth-order valence-corrected chi connectivity index (χ4v) is 4.16. The Morgan fingerprint density at radius 3 is 2.33 bits per heavy atom. The van der Waals surface area contributed by atoms with Crippen molar-refractivity contribution in [2.45, 2.75) is 45.2 Å². The molecule has 0 N–H and O–H groups in total. The highest BCUT2D eigenvalue weighted by Gasteiger charge is 2.25. The van der Waals surface area contributed by atoms with E-state index in [1.54, 1.807) is 16.3 Å². The average Bonchev–Trinajstić information content (AvgIpc) is 2.74. The number of pyridine rings is 1. The summed E-state index contributed by atoms with van der Waals surface area (Å²) in [7, 11) is 0. The first-order valence-corrected chi connectivity index (χ1v) is 12.0. The molecule has 6 heteroatoms. The third-order valence-corrected chi connectivity index (χ3v) is 6.50. The molecule has 30 heavy (non-hydrogen) atoms. The smallest absolute Gasteiger partial charge is 0.263 e. The van der Waals surface area contributed by atoms with Crippen LogP contribution in [0.3, 0.4) is 0 Å². The van der Waals surface area contributed by atoms with Crippen molar-refractivity contribution in [3.63, 3.8) is 0 Å². The van der Waals surface area contributed by atoms with E-state index in [0.717, 1.165) is 31.6 Å². The quantitative estimate of drug-likeness (QED) is 0.629. The minimum atomic E-state index is -0.156. The molecule has 0 atom stereocenters. The summed E-state index contributed by atoms with van der Waals surface area (Å²) in [6.07, 6.45) is 4.82. The molecule has 1 amide bonds. The summed E-state index contributed by atoms with van der Waals surface area (Å²) in [6.45, 7) is 10.6. The van der Waals surface area contributed by atoms with Crippen LogP contribution in [-0.4, -0.2) is 52.7 Å². The van der Waals surface area contributed by atoms with Gasteiger partial charge in [-0.3, -0.25) is 14.5 Å². The molecule has 1 fully saturated rings. The van der Waals surface area contributed by atoms with E-state index in [9.17, 15) is 9.59 Å². The number of hydrogen-bond donors (Lipinski definition) is 0. The van der Waals surface area contributed by atoms with Gasteiger partial charge in [0.25, 0.3) is 11.5 Å². The van der Waals surface area contributed by atoms with Crippen molar-refractivity contribution in [1.82, 2.24) is 14.4 Å². The molecule has 0 bridgehead atoms. The summed E-state index contributed by atoms with van der Waals surface area (Å²) < 4.78 is 1.69. The molecule has 0 spiro atoms. The molecule has 1 saturated heterocycles. The first-order valence-electron chi connectivity index (χ1n) is 10.7. The van der Waals surface area contributed by atoms with Crippen LogP contribution < -0.4 is 5.56 Å². The lowest BCUT2D eigenvalue weighted by Gasteiger charge is -2.35. The third kappa shape index (κ3) is 5.55. The topological polar surface area (TPSA) is 45.5 Å². The van der Waals surface area contributed by atoms with Crippen LogP contribution in [0.15, 0.2) is 46.2 Å². The van der Waals surface area contributed by atoms with E-state index in [1.165, 1.54) is 10.5 Å². The molecule has 1 aromatic carbocycles. The first kappa shape index (κ1) is 22.6. The van der Waals surface area contributed by atoms with Gasteiger partial charge in [-0.25, -0.2) is 0 Å². The molecule has 0 aliphatic carbocycles. The molecule has 2 heterocycles. The number of amides is 1. The molecular weight excluding hydrogens is 394 g/mol. The van der Waals surface area contributed by atoms with Crippen molar-refractivity contribution >= 4 is 17.7 Å². The zero-order chi connectivity index (χ0) is 21.7. The number of hydrogen-bond acceptors (Lipinski definition) is 4. The summed E-state index contributed by atoms with van der Waals surface area (Å²) in [6, 6.07) is 10.6. The fourth-order valence-electron chi connectivity index (χ4n) is 3.75. The van der Waals surface area contributed by atoms with Gasteiger partial charge in [-0.2, -0.15) is 0 Å². The Balaban J connectivity index is 1.63. The minimum absolute atomic E-state index is 0.125. The Bertz CT molecular complexity index is 913. The Morgan fingerprint density at radius 1 is 1.07 bits per heavy atom. The van der Waals surface area contributed by atoms with Gasteiger partial charge in [-0.05, 0) is 54.8 Å². The van der Waals surface area contributed by atoms with Crippen LogP contribution in [0, 0.1) is 12.8 Å². The van der Waals surface area contributed by atoms with Gasteiger partial charge in [0.15, 0.2) is 0 Å². The average molecular weight is 428 g/mol. The molecule has 2 aromatic rings. The van der Waals surface area contributed by atoms with Crippen LogP contribution >= 0.6 is 11.8 Å². The highest BCUT2D eigenvalue weighted by molar-refractivity contribution is 7.98. The number of thioether (sulfide) groups is 1. The lowest BCUT2D eigenvalue weighted by molar-refractivity contribution is 0.0625. The number of piperazine rings is 1. The normalized spacial score (nSPS) is 15.0. The molecule has 3 rings (SSSR count). The van der Waals surface area contributed by atoms with Crippen LogP contribution in [0.1, 0.15) is 41.8 Å². The van der Waals surface area contributed by atoms with Gasteiger partial charge >= 0.3 is 0 Å². The molecule has 0 saturated carbocycles. The standard InChI is InChI=1S/C24H33N3O2S/c1-18(2)9-11-26-12-10-19(3)22(23(26)28)24(29)27-15-13-25(14-16-27)17-20-5-7-21(30-4)8-6-20/h5-8,10,12,18H,9,11,13-17H2,1-4H3. The minimum Gasteiger partial charge on any atom is -0.336 e. The summed E-state index contributed by atoms with van der Waals surface area (Å²) in [5.41, 5.74) is 2.24. The van der Waals surface area contributed by atoms with E-state index >= 15 is 0 Å². The van der Waals surface area contributed by atoms with Crippen LogP contribution in [0.2, 0.25) is 0 Å². The van der Waals surface area contributed by atoms with Crippen LogP contribution in [0.4, 0.5) is 0 Å². The maximum Gasteiger partial charge on any atom is 0.263 e. The summed E-state index contributed by atoms with van der Waals surface area (Å²) in [4.78, 5) is 31.6. The maximum atomic E-state index is 13.2. The van der Waals surface area contributed by atoms with Gasteiger partial charge in [0, 0.05) is 50.4 Å². The van der Waals surface area contributed by atoms with Gasteiger partial charge in [0.1, 0.15) is 5.56 Å². The Labute approximate surface area is 184 Å². The fraction of sp³-hybridized carbons (Fsp3) is 0.500. The van der Waals surface area contributed by atoms with E-state index in [0.29, 0.717) is 31.1 Å². The molecule has 1 aliphatic rings. The molecule has 5 nitrogen and oxygen atoms in total. The van der Waals surface area contributed by atoms with Gasteiger partial charge in [-0.1, -0.05) is 26.0 Å². The lowest BCUT2D eigenvalue weighted by Crippen LogP contribution is -2.49. The highest BCUT2D eigenvalue weighted by Crippen LogP contribution is 2.17. The molecule has 1 aromatic heterocycles. The molecular formula is C24H33N3O2S. The van der Waals surface area contributed by atoms with Crippen LogP contribution in [-0.2, 0) is 13.1 Å². The number of nitrogens with zero attached hydrogens (tertiary/aromatic N) is 3.